The van der Waals surface area contributed by atoms with Gasteiger partial charge >= 0.3 is 0 Å². The van der Waals surface area contributed by atoms with E-state index in [4.69, 9.17) is 9.47 Å². The third kappa shape index (κ3) is 3.27. The molecule has 1 saturated heterocycles. The van der Waals surface area contributed by atoms with Gasteiger partial charge in [0.05, 0.1) is 6.04 Å². The van der Waals surface area contributed by atoms with E-state index < -0.39 is 6.04 Å². The van der Waals surface area contributed by atoms with Gasteiger partial charge in [-0.3, -0.25) is 4.79 Å². The predicted octanol–water partition coefficient (Wildman–Crippen LogP) is 1.26. The molecule has 4 N–H and O–H groups in total. The summed E-state index contributed by atoms with van der Waals surface area (Å²) < 4.78 is 24.1. The van der Waals surface area contributed by atoms with Crippen LogP contribution >= 0.6 is 0 Å². The fraction of sp³-hybridized carbons (Fsp3) is 0.235. The Morgan fingerprint density at radius 1 is 1.04 bits per heavy atom. The van der Waals surface area contributed by atoms with E-state index in [1.807, 2.05) is 0 Å². The van der Waals surface area contributed by atoms with Crippen LogP contribution < -0.4 is 31.2 Å². The summed E-state index contributed by atoms with van der Waals surface area (Å²) in [5.41, 5.74) is 10.0. The molecule has 0 aliphatic carbocycles. The SMILES string of the molecule is O=C(Nc1ccc2c(c1)OCCO2)C1NNNC1c1ccc(F)cc1. The number of carbonyl (C=O) groups excluding carboxylic acids is 1. The van der Waals surface area contributed by atoms with E-state index in [0.717, 1.165) is 5.56 Å². The van der Waals surface area contributed by atoms with Gasteiger partial charge in [0.25, 0.3) is 0 Å². The summed E-state index contributed by atoms with van der Waals surface area (Å²) >= 11 is 0. The minimum absolute atomic E-state index is 0.233. The van der Waals surface area contributed by atoms with Gasteiger partial charge in [-0.2, -0.15) is 5.53 Å². The van der Waals surface area contributed by atoms with Crippen molar-refractivity contribution in [2.24, 2.45) is 0 Å². The number of amides is 1. The third-order valence-corrected chi connectivity index (χ3v) is 4.11. The maximum absolute atomic E-state index is 13.1. The second-order valence-corrected chi connectivity index (χ2v) is 5.77. The van der Waals surface area contributed by atoms with Gasteiger partial charge in [0.1, 0.15) is 25.1 Å². The molecule has 0 saturated carbocycles. The molecule has 1 amide bonds. The van der Waals surface area contributed by atoms with Crippen molar-refractivity contribution in [2.75, 3.05) is 18.5 Å². The summed E-state index contributed by atoms with van der Waals surface area (Å²) in [4.78, 5) is 12.6. The largest absolute Gasteiger partial charge is 0.486 e. The maximum atomic E-state index is 13.1. The molecular weight excluding hydrogens is 327 g/mol. The molecular formula is C17H17FN4O3. The molecule has 2 aromatic carbocycles. The van der Waals surface area contributed by atoms with Crippen LogP contribution in [0, 0.1) is 5.82 Å². The minimum Gasteiger partial charge on any atom is -0.486 e. The molecule has 1 fully saturated rings. The lowest BCUT2D eigenvalue weighted by Gasteiger charge is -2.20. The Balaban J connectivity index is 1.49. The Bertz CT molecular complexity index is 784. The van der Waals surface area contributed by atoms with E-state index in [1.54, 1.807) is 30.3 Å². The zero-order valence-electron chi connectivity index (χ0n) is 13.2. The first-order valence-corrected chi connectivity index (χ1v) is 7.93. The maximum Gasteiger partial charge on any atom is 0.244 e. The number of rotatable bonds is 3. The molecule has 2 aliphatic rings. The quantitative estimate of drug-likeness (QED) is 0.671. The number of ether oxygens (including phenoxy) is 2. The van der Waals surface area contributed by atoms with Crippen LogP contribution in [0.15, 0.2) is 42.5 Å². The second-order valence-electron chi connectivity index (χ2n) is 5.77. The van der Waals surface area contributed by atoms with Crippen molar-refractivity contribution in [2.45, 2.75) is 12.1 Å². The average molecular weight is 344 g/mol. The van der Waals surface area contributed by atoms with Crippen molar-refractivity contribution in [1.82, 2.24) is 16.4 Å². The van der Waals surface area contributed by atoms with Crippen molar-refractivity contribution in [3.8, 4) is 11.5 Å². The number of hydrogen-bond acceptors (Lipinski definition) is 6. The van der Waals surface area contributed by atoms with Gasteiger partial charge < -0.3 is 14.8 Å². The van der Waals surface area contributed by atoms with Gasteiger partial charge in [-0.1, -0.05) is 12.1 Å². The summed E-state index contributed by atoms with van der Waals surface area (Å²) in [6.45, 7) is 0.996. The molecule has 0 aromatic heterocycles. The Morgan fingerprint density at radius 3 is 2.60 bits per heavy atom. The Morgan fingerprint density at radius 2 is 1.80 bits per heavy atom. The van der Waals surface area contributed by atoms with Crippen LogP contribution in [0.2, 0.25) is 0 Å². The molecule has 2 heterocycles. The normalized spacial score (nSPS) is 21.8. The van der Waals surface area contributed by atoms with Crippen molar-refractivity contribution < 1.29 is 18.7 Å². The molecule has 0 bridgehead atoms. The monoisotopic (exact) mass is 344 g/mol. The highest BCUT2D eigenvalue weighted by molar-refractivity contribution is 5.96. The molecule has 4 rings (SSSR count). The van der Waals surface area contributed by atoms with Crippen molar-refractivity contribution in [1.29, 1.82) is 0 Å². The molecule has 0 spiro atoms. The van der Waals surface area contributed by atoms with Gasteiger partial charge in [0, 0.05) is 11.8 Å². The molecule has 2 aliphatic heterocycles. The first-order valence-electron chi connectivity index (χ1n) is 7.93. The van der Waals surface area contributed by atoms with Gasteiger partial charge in [0.15, 0.2) is 11.5 Å². The summed E-state index contributed by atoms with van der Waals surface area (Å²) in [6, 6.07) is 10.4. The lowest BCUT2D eigenvalue weighted by Crippen LogP contribution is -2.41. The first kappa shape index (κ1) is 15.8. The Hall–Kier alpha value is -2.68. The number of nitrogens with one attached hydrogen (secondary N) is 4. The number of carbonyl (C=O) groups is 1. The summed E-state index contributed by atoms with van der Waals surface area (Å²) in [7, 11) is 0. The number of fused-ring (bicyclic) bond motifs is 1. The van der Waals surface area contributed by atoms with Gasteiger partial charge in [-0.05, 0) is 29.8 Å². The molecule has 7 nitrogen and oxygen atoms in total. The van der Waals surface area contributed by atoms with Gasteiger partial charge in [0.2, 0.25) is 5.91 Å². The van der Waals surface area contributed by atoms with Crippen LogP contribution in [-0.2, 0) is 4.79 Å². The van der Waals surface area contributed by atoms with Crippen LogP contribution in [0.4, 0.5) is 10.1 Å². The number of anilines is 1. The number of hydrogen-bond donors (Lipinski definition) is 4. The van der Waals surface area contributed by atoms with Crippen molar-refractivity contribution >= 4 is 11.6 Å². The fourth-order valence-corrected chi connectivity index (χ4v) is 2.87. The van der Waals surface area contributed by atoms with Crippen LogP contribution in [0.1, 0.15) is 11.6 Å². The molecule has 2 atom stereocenters. The van der Waals surface area contributed by atoms with E-state index in [2.05, 4.69) is 21.7 Å². The number of halogens is 1. The molecule has 2 unspecified atom stereocenters. The van der Waals surface area contributed by atoms with Crippen LogP contribution in [0.3, 0.4) is 0 Å². The molecule has 130 valence electrons. The molecule has 2 aromatic rings. The summed E-state index contributed by atoms with van der Waals surface area (Å²) in [5, 5.41) is 2.85. The van der Waals surface area contributed by atoms with Gasteiger partial charge in [-0.15, -0.1) is 0 Å². The van der Waals surface area contributed by atoms with E-state index >= 15 is 0 Å². The Kier molecular flexibility index (Phi) is 4.22. The van der Waals surface area contributed by atoms with E-state index in [0.29, 0.717) is 30.4 Å². The summed E-state index contributed by atoms with van der Waals surface area (Å²) in [6.07, 6.45) is 0. The first-order chi connectivity index (χ1) is 12.2. The lowest BCUT2D eigenvalue weighted by molar-refractivity contribution is -0.118. The third-order valence-electron chi connectivity index (χ3n) is 4.11. The fourth-order valence-electron chi connectivity index (χ4n) is 2.87. The zero-order valence-corrected chi connectivity index (χ0v) is 13.2. The molecule has 25 heavy (non-hydrogen) atoms. The van der Waals surface area contributed by atoms with Crippen LogP contribution in [0.25, 0.3) is 0 Å². The smallest absolute Gasteiger partial charge is 0.244 e. The van der Waals surface area contributed by atoms with Crippen molar-refractivity contribution in [3.63, 3.8) is 0 Å². The van der Waals surface area contributed by atoms with E-state index in [-0.39, 0.29) is 17.8 Å². The van der Waals surface area contributed by atoms with Crippen molar-refractivity contribution in [3.05, 3.63) is 53.8 Å². The second kappa shape index (κ2) is 6.67. The minimum atomic E-state index is -0.571. The van der Waals surface area contributed by atoms with E-state index in [9.17, 15) is 9.18 Å². The standard InChI is InChI=1S/C17H17FN4O3/c18-11-3-1-10(2-4-11)15-16(21-22-20-15)17(23)19-12-5-6-13-14(9-12)25-8-7-24-13/h1-6,9,15-16,20-22H,7-8H2,(H,19,23). The average Bonchev–Trinajstić information content (AvgIpc) is 3.12. The highest BCUT2D eigenvalue weighted by Gasteiger charge is 2.34. The van der Waals surface area contributed by atoms with E-state index in [1.165, 1.54) is 12.1 Å². The van der Waals surface area contributed by atoms with Crippen LogP contribution in [0.5, 0.6) is 11.5 Å². The number of benzene rings is 2. The van der Waals surface area contributed by atoms with Gasteiger partial charge in [-0.25, -0.2) is 15.2 Å². The summed E-state index contributed by atoms with van der Waals surface area (Å²) in [5.74, 6) is 0.717. The predicted molar refractivity (Wildman–Crippen MR) is 88.4 cm³/mol. The molecule has 0 radical (unpaired) electrons. The van der Waals surface area contributed by atoms with Crippen LogP contribution in [-0.4, -0.2) is 25.2 Å². The lowest BCUT2D eigenvalue weighted by atomic mass is 10.00. The number of hydrazine groups is 2. The Labute approximate surface area is 143 Å². The highest BCUT2D eigenvalue weighted by Crippen LogP contribution is 2.32. The zero-order chi connectivity index (χ0) is 17.2. The topological polar surface area (TPSA) is 83.7 Å². The molecule has 8 heteroatoms. The highest BCUT2D eigenvalue weighted by atomic mass is 19.1.